The second-order valence-corrected chi connectivity index (χ2v) is 4.63. The van der Waals surface area contributed by atoms with Crippen LogP contribution in [0.25, 0.3) is 0 Å². The monoisotopic (exact) mass is 310 g/mol. The van der Waals surface area contributed by atoms with Gasteiger partial charge in [0.1, 0.15) is 24.8 Å². The molecule has 0 saturated carbocycles. The van der Waals surface area contributed by atoms with Crippen LogP contribution in [0.3, 0.4) is 0 Å². The van der Waals surface area contributed by atoms with Crippen LogP contribution >= 0.6 is 11.6 Å². The molecule has 1 heterocycles. The highest BCUT2D eigenvalue weighted by Crippen LogP contribution is 2.30. The molecule has 1 N–H and O–H groups in total. The van der Waals surface area contributed by atoms with E-state index < -0.39 is 11.7 Å². The number of amides is 1. The van der Waals surface area contributed by atoms with Crippen molar-refractivity contribution in [2.75, 3.05) is 18.5 Å². The van der Waals surface area contributed by atoms with Crippen LogP contribution in [-0.2, 0) is 9.63 Å². The standard InChI is InChI=1S/C14H12ClFN2O3/c1-2-4-20-13-8-12(11(16)7-10(13)15)17-14(19)6-9-3-5-21-18-9/h1,7-8H,3-6H2,(H,17,19). The molecule has 0 aliphatic carbocycles. The molecular formula is C14H12ClFN2O3. The van der Waals surface area contributed by atoms with Crippen LogP contribution in [-0.4, -0.2) is 24.8 Å². The number of carbonyl (C=O) groups is 1. The SMILES string of the molecule is C#CCOc1cc(NC(=O)CC2=NOCC2)c(F)cc1Cl. The first-order valence-corrected chi connectivity index (χ1v) is 6.51. The Hall–Kier alpha value is -2.26. The van der Waals surface area contributed by atoms with Gasteiger partial charge in [-0.2, -0.15) is 0 Å². The lowest BCUT2D eigenvalue weighted by atomic mass is 10.2. The van der Waals surface area contributed by atoms with E-state index in [2.05, 4.69) is 16.4 Å². The summed E-state index contributed by atoms with van der Waals surface area (Å²) in [5.41, 5.74) is 0.585. The van der Waals surface area contributed by atoms with Crippen LogP contribution in [0.15, 0.2) is 17.3 Å². The number of benzene rings is 1. The summed E-state index contributed by atoms with van der Waals surface area (Å²) in [6.45, 7) is 0.453. The Labute approximate surface area is 126 Å². The van der Waals surface area contributed by atoms with Crippen molar-refractivity contribution in [3.8, 4) is 18.1 Å². The molecular weight excluding hydrogens is 299 g/mol. The highest BCUT2D eigenvalue weighted by molar-refractivity contribution is 6.32. The second-order valence-electron chi connectivity index (χ2n) is 4.22. The van der Waals surface area contributed by atoms with E-state index in [-0.39, 0.29) is 29.5 Å². The van der Waals surface area contributed by atoms with Gasteiger partial charge in [-0.25, -0.2) is 4.39 Å². The Morgan fingerprint density at radius 3 is 3.10 bits per heavy atom. The van der Waals surface area contributed by atoms with Crippen LogP contribution in [0.4, 0.5) is 10.1 Å². The first kappa shape index (κ1) is 15.1. The van der Waals surface area contributed by atoms with Crippen molar-refractivity contribution in [2.45, 2.75) is 12.8 Å². The molecule has 1 aliphatic rings. The highest BCUT2D eigenvalue weighted by Gasteiger charge is 2.16. The maximum absolute atomic E-state index is 13.8. The number of carbonyl (C=O) groups excluding carboxylic acids is 1. The Bertz CT molecular complexity index is 625. The van der Waals surface area contributed by atoms with Gasteiger partial charge in [-0.15, -0.1) is 6.42 Å². The van der Waals surface area contributed by atoms with Gasteiger partial charge in [0.25, 0.3) is 0 Å². The summed E-state index contributed by atoms with van der Waals surface area (Å²) in [6, 6.07) is 2.35. The van der Waals surface area contributed by atoms with E-state index in [1.54, 1.807) is 0 Å². The number of anilines is 1. The first-order chi connectivity index (χ1) is 10.1. The van der Waals surface area contributed by atoms with Crippen LogP contribution in [0, 0.1) is 18.2 Å². The van der Waals surface area contributed by atoms with Gasteiger partial charge in [0.2, 0.25) is 5.91 Å². The van der Waals surface area contributed by atoms with Gasteiger partial charge < -0.3 is 14.9 Å². The summed E-state index contributed by atoms with van der Waals surface area (Å²) in [5.74, 6) is 1.42. The molecule has 0 atom stereocenters. The van der Waals surface area contributed by atoms with Crippen LogP contribution in [0.5, 0.6) is 5.75 Å². The first-order valence-electron chi connectivity index (χ1n) is 6.13. The molecule has 1 aliphatic heterocycles. The molecule has 0 radical (unpaired) electrons. The predicted octanol–water partition coefficient (Wildman–Crippen LogP) is 2.60. The van der Waals surface area contributed by atoms with Crippen molar-refractivity contribution in [3.63, 3.8) is 0 Å². The lowest BCUT2D eigenvalue weighted by Gasteiger charge is -2.10. The average molecular weight is 311 g/mol. The third-order valence-electron chi connectivity index (χ3n) is 2.65. The van der Waals surface area contributed by atoms with E-state index >= 15 is 0 Å². The Morgan fingerprint density at radius 2 is 2.43 bits per heavy atom. The molecule has 0 unspecified atom stereocenters. The Balaban J connectivity index is 2.07. The van der Waals surface area contributed by atoms with Crippen LogP contribution in [0.2, 0.25) is 5.02 Å². The van der Waals surface area contributed by atoms with Crippen LogP contribution in [0.1, 0.15) is 12.8 Å². The number of oxime groups is 1. The fourth-order valence-electron chi connectivity index (χ4n) is 1.70. The minimum atomic E-state index is -0.661. The van der Waals surface area contributed by atoms with Crippen molar-refractivity contribution < 1.29 is 18.8 Å². The molecule has 0 bridgehead atoms. The zero-order valence-corrected chi connectivity index (χ0v) is 11.7. The minimum absolute atomic E-state index is 0.00706. The van der Waals surface area contributed by atoms with E-state index in [0.717, 1.165) is 6.07 Å². The van der Waals surface area contributed by atoms with Gasteiger partial charge in [-0.1, -0.05) is 22.7 Å². The molecule has 1 aromatic carbocycles. The maximum Gasteiger partial charge on any atom is 0.230 e. The number of ether oxygens (including phenoxy) is 1. The summed E-state index contributed by atoms with van der Waals surface area (Å²) >= 11 is 5.83. The van der Waals surface area contributed by atoms with Crippen molar-refractivity contribution in [1.29, 1.82) is 0 Å². The van der Waals surface area contributed by atoms with Crippen molar-refractivity contribution in [3.05, 3.63) is 23.0 Å². The molecule has 5 nitrogen and oxygen atoms in total. The van der Waals surface area contributed by atoms with E-state index in [0.29, 0.717) is 18.7 Å². The molecule has 1 aromatic rings. The smallest absolute Gasteiger partial charge is 0.230 e. The summed E-state index contributed by atoms with van der Waals surface area (Å²) in [4.78, 5) is 16.6. The van der Waals surface area contributed by atoms with Gasteiger partial charge in [0, 0.05) is 12.5 Å². The van der Waals surface area contributed by atoms with Crippen LogP contribution < -0.4 is 10.1 Å². The van der Waals surface area contributed by atoms with Gasteiger partial charge in [-0.05, 0) is 6.07 Å². The average Bonchev–Trinajstić information content (AvgIpc) is 2.93. The maximum atomic E-state index is 13.8. The molecule has 110 valence electrons. The Kier molecular flexibility index (Phi) is 5.01. The van der Waals surface area contributed by atoms with Gasteiger partial charge in [-0.3, -0.25) is 4.79 Å². The zero-order chi connectivity index (χ0) is 15.2. The molecule has 2 rings (SSSR count). The molecule has 21 heavy (non-hydrogen) atoms. The van der Waals surface area contributed by atoms with Crippen molar-refractivity contribution >= 4 is 28.9 Å². The van der Waals surface area contributed by atoms with E-state index in [1.165, 1.54) is 6.07 Å². The molecule has 7 heteroatoms. The second kappa shape index (κ2) is 6.95. The fraction of sp³-hybridized carbons (Fsp3) is 0.286. The van der Waals surface area contributed by atoms with E-state index in [1.807, 2.05) is 0 Å². The number of rotatable bonds is 5. The lowest BCUT2D eigenvalue weighted by Crippen LogP contribution is -2.16. The summed E-state index contributed by atoms with van der Waals surface area (Å²) in [6.07, 6.45) is 5.71. The number of terminal acetylenes is 1. The highest BCUT2D eigenvalue weighted by atomic mass is 35.5. The Morgan fingerprint density at radius 1 is 1.62 bits per heavy atom. The fourth-order valence-corrected chi connectivity index (χ4v) is 1.91. The summed E-state index contributed by atoms with van der Waals surface area (Å²) in [7, 11) is 0. The molecule has 0 aromatic heterocycles. The quantitative estimate of drug-likeness (QED) is 0.850. The van der Waals surface area contributed by atoms with Gasteiger partial charge >= 0.3 is 0 Å². The summed E-state index contributed by atoms with van der Waals surface area (Å²) < 4.78 is 18.9. The van der Waals surface area contributed by atoms with Crippen molar-refractivity contribution in [1.82, 2.24) is 0 Å². The number of nitrogens with zero attached hydrogens (tertiary/aromatic N) is 1. The van der Waals surface area contributed by atoms with Gasteiger partial charge in [0.15, 0.2) is 0 Å². The summed E-state index contributed by atoms with van der Waals surface area (Å²) in [5, 5.41) is 6.22. The predicted molar refractivity (Wildman–Crippen MR) is 77.0 cm³/mol. The van der Waals surface area contributed by atoms with E-state index in [4.69, 9.17) is 27.6 Å². The number of hydrogen-bond donors (Lipinski definition) is 1. The normalized spacial score (nSPS) is 13.1. The van der Waals surface area contributed by atoms with Gasteiger partial charge in [0.05, 0.1) is 22.8 Å². The largest absolute Gasteiger partial charge is 0.479 e. The third-order valence-corrected chi connectivity index (χ3v) is 2.94. The number of halogens is 2. The molecule has 0 spiro atoms. The third kappa shape index (κ3) is 4.10. The number of hydrogen-bond acceptors (Lipinski definition) is 4. The van der Waals surface area contributed by atoms with Crippen molar-refractivity contribution in [2.24, 2.45) is 5.16 Å². The number of nitrogens with one attached hydrogen (secondary N) is 1. The molecule has 1 amide bonds. The lowest BCUT2D eigenvalue weighted by molar-refractivity contribution is -0.115. The van der Waals surface area contributed by atoms with E-state index in [9.17, 15) is 9.18 Å². The zero-order valence-electron chi connectivity index (χ0n) is 11.0. The minimum Gasteiger partial charge on any atom is -0.479 e. The molecule has 0 fully saturated rings. The topological polar surface area (TPSA) is 59.9 Å². The molecule has 0 saturated heterocycles.